The molecule has 3 aromatic rings. The summed E-state index contributed by atoms with van der Waals surface area (Å²) in [7, 11) is 0. The molecule has 3 rings (SSSR count). The predicted octanol–water partition coefficient (Wildman–Crippen LogP) is 7.63. The molecule has 3 aromatic carbocycles. The fourth-order valence-electron chi connectivity index (χ4n) is 3.26. The first-order chi connectivity index (χ1) is 15.0. The lowest BCUT2D eigenvalue weighted by molar-refractivity contribution is 0.101. The van der Waals surface area contributed by atoms with E-state index in [9.17, 15) is 4.79 Å². The topological polar surface area (TPSA) is 29.1 Å². The van der Waals surface area contributed by atoms with Crippen molar-refractivity contribution >= 4 is 17.6 Å². The highest BCUT2D eigenvalue weighted by Gasteiger charge is 2.10. The van der Waals surface area contributed by atoms with Gasteiger partial charge in [0.2, 0.25) is 0 Å². The molecule has 0 fully saturated rings. The van der Waals surface area contributed by atoms with Crippen molar-refractivity contribution in [3.8, 4) is 0 Å². The maximum Gasteiger partial charge on any atom is 0.159 e. The summed E-state index contributed by atoms with van der Waals surface area (Å²) in [5.41, 5.74) is 6.72. The fraction of sp³-hybridized carbons (Fsp3) is 0.207. The van der Waals surface area contributed by atoms with Crippen molar-refractivity contribution in [2.45, 2.75) is 40.2 Å². The smallest absolute Gasteiger partial charge is 0.159 e. The highest BCUT2D eigenvalue weighted by molar-refractivity contribution is 5.93. The minimum Gasteiger partial charge on any atom is -0.378 e. The second-order valence-corrected chi connectivity index (χ2v) is 7.49. The molecule has 1 N–H and O–H groups in total. The summed E-state index contributed by atoms with van der Waals surface area (Å²) in [5, 5.41) is 3.57. The van der Waals surface area contributed by atoms with Gasteiger partial charge in [0, 0.05) is 11.3 Å². The van der Waals surface area contributed by atoms with Crippen molar-refractivity contribution < 1.29 is 4.79 Å². The van der Waals surface area contributed by atoms with Crippen LogP contribution in [0.3, 0.4) is 0 Å². The number of nitrogens with one attached hydrogen (secondary N) is 1. The molecule has 0 amide bonds. The van der Waals surface area contributed by atoms with E-state index < -0.39 is 0 Å². The Hall–Kier alpha value is -3.39. The van der Waals surface area contributed by atoms with Gasteiger partial charge in [0.15, 0.2) is 5.78 Å². The van der Waals surface area contributed by atoms with E-state index in [0.717, 1.165) is 23.2 Å². The summed E-state index contributed by atoms with van der Waals surface area (Å²) < 4.78 is 0. The molecule has 0 radical (unpaired) electrons. The molecule has 0 saturated heterocycles. The Morgan fingerprint density at radius 2 is 1.58 bits per heavy atom. The molecule has 160 valence electrons. The van der Waals surface area contributed by atoms with Crippen LogP contribution in [0.2, 0.25) is 0 Å². The first-order valence-electron chi connectivity index (χ1n) is 10.8. The molecule has 0 aliphatic heterocycles. The third-order valence-corrected chi connectivity index (χ3v) is 5.11. The van der Waals surface area contributed by atoms with E-state index in [1.54, 1.807) is 6.92 Å². The number of carbonyl (C=O) groups excluding carboxylic acids is 1. The van der Waals surface area contributed by atoms with Gasteiger partial charge in [-0.25, -0.2) is 0 Å². The van der Waals surface area contributed by atoms with Crippen LogP contribution in [0.15, 0.2) is 91.5 Å². The van der Waals surface area contributed by atoms with Crippen molar-refractivity contribution in [2.75, 3.05) is 0 Å². The summed E-state index contributed by atoms with van der Waals surface area (Å²) in [6.45, 7) is 12.2. The Labute approximate surface area is 187 Å². The van der Waals surface area contributed by atoms with Crippen LogP contribution in [-0.4, -0.2) is 5.78 Å². The van der Waals surface area contributed by atoms with Crippen molar-refractivity contribution in [3.63, 3.8) is 0 Å². The van der Waals surface area contributed by atoms with Gasteiger partial charge in [-0.2, -0.15) is 0 Å². The Morgan fingerprint density at radius 1 is 0.968 bits per heavy atom. The van der Waals surface area contributed by atoms with E-state index in [1.807, 2.05) is 43.3 Å². The van der Waals surface area contributed by atoms with Crippen molar-refractivity contribution in [2.24, 2.45) is 0 Å². The summed E-state index contributed by atoms with van der Waals surface area (Å²) in [6.07, 6.45) is 5.23. The van der Waals surface area contributed by atoms with E-state index in [0.29, 0.717) is 6.04 Å². The zero-order chi connectivity index (χ0) is 22.6. The molecule has 0 saturated carbocycles. The number of hydrogen-bond acceptors (Lipinski definition) is 2. The number of carbonyl (C=O) groups is 1. The van der Waals surface area contributed by atoms with Gasteiger partial charge in [0.05, 0.1) is 6.04 Å². The zero-order valence-corrected chi connectivity index (χ0v) is 19.1. The number of ketones is 1. The quantitative estimate of drug-likeness (QED) is 0.405. The lowest BCUT2D eigenvalue weighted by Gasteiger charge is -2.21. The van der Waals surface area contributed by atoms with Crippen molar-refractivity contribution in [1.82, 2.24) is 5.32 Å². The third-order valence-electron chi connectivity index (χ3n) is 5.11. The number of benzene rings is 3. The maximum absolute atomic E-state index is 10.6. The van der Waals surface area contributed by atoms with Crippen LogP contribution in [0, 0.1) is 6.92 Å². The fourth-order valence-corrected chi connectivity index (χ4v) is 3.26. The van der Waals surface area contributed by atoms with Gasteiger partial charge in [0.25, 0.3) is 0 Å². The van der Waals surface area contributed by atoms with Gasteiger partial charge in [-0.1, -0.05) is 98.5 Å². The van der Waals surface area contributed by atoms with Crippen LogP contribution in [0.4, 0.5) is 0 Å². The van der Waals surface area contributed by atoms with E-state index in [-0.39, 0.29) is 5.78 Å². The number of rotatable bonds is 7. The van der Waals surface area contributed by atoms with Crippen LogP contribution in [-0.2, 0) is 0 Å². The van der Waals surface area contributed by atoms with Crippen LogP contribution in [0.1, 0.15) is 65.8 Å². The van der Waals surface area contributed by atoms with E-state index in [2.05, 4.69) is 80.4 Å². The van der Waals surface area contributed by atoms with Crippen molar-refractivity contribution in [1.29, 1.82) is 0 Å². The minimum absolute atomic E-state index is 0.121. The van der Waals surface area contributed by atoms with E-state index in [4.69, 9.17) is 0 Å². The largest absolute Gasteiger partial charge is 0.378 e. The van der Waals surface area contributed by atoms with Gasteiger partial charge >= 0.3 is 0 Å². The highest BCUT2D eigenvalue weighted by Crippen LogP contribution is 2.22. The highest BCUT2D eigenvalue weighted by atomic mass is 16.1. The Morgan fingerprint density at radius 3 is 2.10 bits per heavy atom. The molecule has 2 heteroatoms. The summed E-state index contributed by atoms with van der Waals surface area (Å²) in [6, 6.07) is 26.5. The van der Waals surface area contributed by atoms with E-state index >= 15 is 0 Å². The van der Waals surface area contributed by atoms with Crippen molar-refractivity contribution in [3.05, 3.63) is 119 Å². The number of aryl methyl sites for hydroxylation is 1. The van der Waals surface area contributed by atoms with Gasteiger partial charge in [-0.3, -0.25) is 4.79 Å². The van der Waals surface area contributed by atoms with Gasteiger partial charge in [-0.05, 0) is 55.5 Å². The number of hydrogen-bond donors (Lipinski definition) is 1. The minimum atomic E-state index is 0.121. The van der Waals surface area contributed by atoms with E-state index in [1.165, 1.54) is 16.7 Å². The zero-order valence-electron chi connectivity index (χ0n) is 19.1. The number of allylic oxidation sites excluding steroid dienone is 1. The predicted molar refractivity (Wildman–Crippen MR) is 134 cm³/mol. The standard InChI is InChI=1S/C21H25N.C8H8O/c1-5-10-19-15-20(14-13-16(19)3)17(4)22-21(6-2)18-11-8-7-9-12-18;1-7(9)8-5-3-2-4-6-8/h5,7-15,21-22H,4,6H2,1-3H3;2-6H,1H3/b10-5-;. The second kappa shape index (κ2) is 12.3. The summed E-state index contributed by atoms with van der Waals surface area (Å²) in [4.78, 5) is 10.6. The Kier molecular flexibility index (Phi) is 9.51. The molecule has 1 atom stereocenters. The van der Waals surface area contributed by atoms with Gasteiger partial charge in [0.1, 0.15) is 0 Å². The first kappa shape index (κ1) is 23.9. The average molecular weight is 412 g/mol. The Bertz CT molecular complexity index is 1000. The average Bonchev–Trinajstić information content (AvgIpc) is 2.80. The second-order valence-electron chi connectivity index (χ2n) is 7.49. The van der Waals surface area contributed by atoms with Crippen LogP contribution in [0.5, 0.6) is 0 Å². The molecule has 0 aliphatic carbocycles. The van der Waals surface area contributed by atoms with Gasteiger partial charge < -0.3 is 5.32 Å². The maximum atomic E-state index is 10.6. The number of Topliss-reactive ketones (excluding diaryl/α,β-unsaturated/α-hetero) is 1. The monoisotopic (exact) mass is 411 g/mol. The van der Waals surface area contributed by atoms with Crippen LogP contribution < -0.4 is 5.32 Å². The first-order valence-corrected chi connectivity index (χ1v) is 10.8. The summed E-state index contributed by atoms with van der Waals surface area (Å²) in [5.74, 6) is 0.121. The normalized spacial score (nSPS) is 11.4. The van der Waals surface area contributed by atoms with Crippen LogP contribution in [0.25, 0.3) is 11.8 Å². The lowest BCUT2D eigenvalue weighted by Crippen LogP contribution is -2.18. The molecule has 0 heterocycles. The van der Waals surface area contributed by atoms with Crippen LogP contribution >= 0.6 is 0 Å². The Balaban J connectivity index is 0.000000316. The molecule has 31 heavy (non-hydrogen) atoms. The molecule has 2 nitrogen and oxygen atoms in total. The SMILES string of the molecule is C=C(NC(CC)c1ccccc1)c1ccc(C)c(/C=C\C)c1.CC(=O)c1ccccc1. The molecule has 0 aliphatic rings. The molecule has 1 unspecified atom stereocenters. The van der Waals surface area contributed by atoms with Gasteiger partial charge in [-0.15, -0.1) is 0 Å². The molecular weight excluding hydrogens is 378 g/mol. The molecule has 0 spiro atoms. The molecule has 0 aromatic heterocycles. The summed E-state index contributed by atoms with van der Waals surface area (Å²) >= 11 is 0. The molecule has 0 bridgehead atoms. The molecular formula is C29H33NO. The lowest BCUT2D eigenvalue weighted by atomic mass is 10.0. The third kappa shape index (κ3) is 7.42.